The summed E-state index contributed by atoms with van der Waals surface area (Å²) in [7, 11) is 0. The fraction of sp³-hybridized carbons (Fsp3) is 0.333. The number of ether oxygens (including phenoxy) is 1. The number of nitrogens with zero attached hydrogens (tertiary/aromatic N) is 1. The second-order valence-corrected chi connectivity index (χ2v) is 7.48. The van der Waals surface area contributed by atoms with E-state index in [-0.39, 0.29) is 13.0 Å². The second-order valence-electron chi connectivity index (χ2n) is 5.97. The molecule has 2 aromatic rings. The number of anilines is 1. The molecule has 1 aliphatic rings. The number of esters is 1. The van der Waals surface area contributed by atoms with E-state index >= 15 is 0 Å². The number of halogens is 3. The van der Waals surface area contributed by atoms with Crippen LogP contribution in [0, 0.1) is 6.92 Å². The van der Waals surface area contributed by atoms with E-state index in [1.165, 1.54) is 17.4 Å². The molecule has 0 fully saturated rings. The van der Waals surface area contributed by atoms with Crippen LogP contribution in [0.4, 0.5) is 18.2 Å². The zero-order valence-corrected chi connectivity index (χ0v) is 16.3. The summed E-state index contributed by atoms with van der Waals surface area (Å²) < 4.78 is 43.7. The molecule has 0 saturated heterocycles. The van der Waals surface area contributed by atoms with Gasteiger partial charge in [-0.25, -0.2) is 4.79 Å². The van der Waals surface area contributed by atoms with Crippen molar-refractivity contribution in [2.75, 3.05) is 11.9 Å². The molecule has 1 unspecified atom stereocenters. The fourth-order valence-electron chi connectivity index (χ4n) is 2.84. The van der Waals surface area contributed by atoms with Crippen LogP contribution in [0.5, 0.6) is 0 Å². The van der Waals surface area contributed by atoms with E-state index in [2.05, 4.69) is 22.9 Å². The smallest absolute Gasteiger partial charge is 0.416 e. The van der Waals surface area contributed by atoms with Gasteiger partial charge in [0.2, 0.25) is 0 Å². The first-order chi connectivity index (χ1) is 12.7. The number of hydrogen-bond acceptors (Lipinski definition) is 6. The van der Waals surface area contributed by atoms with Crippen molar-refractivity contribution >= 4 is 40.8 Å². The molecule has 9 heteroatoms. The van der Waals surface area contributed by atoms with Crippen LogP contribution in [0.3, 0.4) is 0 Å². The number of carbonyl (C=O) groups excluding carboxylic acids is 1. The first kappa shape index (κ1) is 19.8. The molecular weight excluding hydrogens is 397 g/mol. The summed E-state index contributed by atoms with van der Waals surface area (Å²) in [6, 6.07) is 5.13. The van der Waals surface area contributed by atoms with E-state index in [0.29, 0.717) is 21.3 Å². The van der Waals surface area contributed by atoms with Gasteiger partial charge in [-0.2, -0.15) is 13.2 Å². The lowest BCUT2D eigenvalue weighted by Gasteiger charge is -2.20. The van der Waals surface area contributed by atoms with Gasteiger partial charge in [0, 0.05) is 12.0 Å². The Morgan fingerprint density at radius 1 is 1.41 bits per heavy atom. The second kappa shape index (κ2) is 7.55. The molecule has 1 aromatic heterocycles. The fourth-order valence-corrected chi connectivity index (χ4v) is 4.54. The van der Waals surface area contributed by atoms with Gasteiger partial charge < -0.3 is 10.1 Å². The van der Waals surface area contributed by atoms with Crippen molar-refractivity contribution in [1.29, 1.82) is 0 Å². The van der Waals surface area contributed by atoms with Crippen LogP contribution in [0.25, 0.3) is 0 Å². The van der Waals surface area contributed by atoms with E-state index in [0.717, 1.165) is 23.3 Å². The molecule has 1 N–H and O–H groups in total. The Morgan fingerprint density at radius 3 is 2.81 bits per heavy atom. The number of carbonyl (C=O) groups is 1. The number of aliphatic imine (C=N–C) groups is 1. The molecule has 0 radical (unpaired) electrons. The molecule has 3 rings (SSSR count). The highest BCUT2D eigenvalue weighted by atomic mass is 32.1. The predicted octanol–water partition coefficient (Wildman–Crippen LogP) is 5.25. The summed E-state index contributed by atoms with van der Waals surface area (Å²) in [6.45, 7) is 3.81. The molecule has 1 aliphatic heterocycles. The number of hydrogen-bond donors (Lipinski definition) is 2. The van der Waals surface area contributed by atoms with Crippen LogP contribution >= 0.6 is 24.0 Å². The number of fused-ring (bicyclic) bond motifs is 1. The minimum absolute atomic E-state index is 0.201. The van der Waals surface area contributed by atoms with Gasteiger partial charge in [0.1, 0.15) is 21.1 Å². The molecule has 27 heavy (non-hydrogen) atoms. The zero-order chi connectivity index (χ0) is 19.8. The normalized spacial score (nSPS) is 16.4. The molecule has 0 bridgehead atoms. The number of rotatable bonds is 4. The van der Waals surface area contributed by atoms with Crippen molar-refractivity contribution in [2.24, 2.45) is 4.99 Å². The highest BCUT2D eigenvalue weighted by Crippen LogP contribution is 2.43. The van der Waals surface area contributed by atoms with Gasteiger partial charge in [-0.1, -0.05) is 18.2 Å². The molecular formula is C18H17F3N2O2S2. The lowest BCUT2D eigenvalue weighted by Crippen LogP contribution is -2.20. The minimum atomic E-state index is -4.39. The van der Waals surface area contributed by atoms with Crippen molar-refractivity contribution in [3.63, 3.8) is 0 Å². The third kappa shape index (κ3) is 4.14. The van der Waals surface area contributed by atoms with Crippen LogP contribution in [0.1, 0.15) is 44.2 Å². The highest BCUT2D eigenvalue weighted by Gasteiger charge is 2.31. The predicted molar refractivity (Wildman–Crippen MR) is 103 cm³/mol. The minimum Gasteiger partial charge on any atom is -0.462 e. The lowest BCUT2D eigenvalue weighted by molar-refractivity contribution is -0.137. The maximum Gasteiger partial charge on any atom is 0.416 e. The molecule has 0 amide bonds. The summed E-state index contributed by atoms with van der Waals surface area (Å²) in [6.07, 6.45) is -4.19. The molecule has 1 atom stereocenters. The Morgan fingerprint density at radius 2 is 2.15 bits per heavy atom. The number of nitrogens with one attached hydrogen (secondary N) is 1. The maximum atomic E-state index is 12.9. The van der Waals surface area contributed by atoms with Crippen molar-refractivity contribution in [3.05, 3.63) is 51.4 Å². The van der Waals surface area contributed by atoms with E-state index in [4.69, 9.17) is 4.74 Å². The zero-order valence-electron chi connectivity index (χ0n) is 14.6. The summed E-state index contributed by atoms with van der Waals surface area (Å²) in [5.74, 6) is 0.0923. The van der Waals surface area contributed by atoms with Gasteiger partial charge in [-0.3, -0.25) is 4.99 Å². The average molecular weight is 414 g/mol. The summed E-state index contributed by atoms with van der Waals surface area (Å²) in [4.78, 5) is 17.0. The highest BCUT2D eigenvalue weighted by molar-refractivity contribution is 7.80. The Hall–Kier alpha value is -2.00. The van der Waals surface area contributed by atoms with Gasteiger partial charge in [0.25, 0.3) is 0 Å². The van der Waals surface area contributed by atoms with Crippen molar-refractivity contribution < 1.29 is 22.7 Å². The van der Waals surface area contributed by atoms with E-state index in [9.17, 15) is 18.0 Å². The van der Waals surface area contributed by atoms with Gasteiger partial charge >= 0.3 is 12.1 Å². The largest absolute Gasteiger partial charge is 0.462 e. The molecule has 1 aromatic carbocycles. The lowest BCUT2D eigenvalue weighted by atomic mass is 10.1. The summed E-state index contributed by atoms with van der Waals surface area (Å²) in [5, 5.41) is 3.34. The van der Waals surface area contributed by atoms with Crippen LogP contribution in [0.15, 0.2) is 29.3 Å². The quantitative estimate of drug-likeness (QED) is 0.531. The van der Waals surface area contributed by atoms with Gasteiger partial charge in [0.15, 0.2) is 0 Å². The van der Waals surface area contributed by atoms with E-state index in [1.54, 1.807) is 19.9 Å². The van der Waals surface area contributed by atoms with Crippen LogP contribution < -0.4 is 5.32 Å². The maximum absolute atomic E-state index is 12.9. The Balaban J connectivity index is 1.84. The van der Waals surface area contributed by atoms with E-state index < -0.39 is 23.1 Å². The molecule has 2 heterocycles. The molecule has 144 valence electrons. The third-order valence-corrected chi connectivity index (χ3v) is 5.65. The monoisotopic (exact) mass is 414 g/mol. The number of alkyl halides is 3. The Labute approximate surface area is 163 Å². The number of benzene rings is 1. The van der Waals surface area contributed by atoms with Crippen molar-refractivity contribution in [3.8, 4) is 0 Å². The van der Waals surface area contributed by atoms with Gasteiger partial charge in [-0.15, -0.1) is 24.0 Å². The van der Waals surface area contributed by atoms with Crippen molar-refractivity contribution in [2.45, 2.75) is 31.8 Å². The topological polar surface area (TPSA) is 50.7 Å². The average Bonchev–Trinajstić information content (AvgIpc) is 2.92. The molecule has 0 spiro atoms. The van der Waals surface area contributed by atoms with Crippen LogP contribution in [-0.4, -0.2) is 18.4 Å². The SMILES string of the molecule is CCOC(=O)c1sc2c(c1C)C(S)N=C(Cc1cccc(C(F)(F)F)c1)N2. The molecule has 0 saturated carbocycles. The standard InChI is InChI=1S/C18H17F3N2O2S2/c1-3-25-17(24)14-9(2)13-15(26)22-12(23-16(13)27-14)8-10-5-4-6-11(7-10)18(19,20)21/h4-7,15,26H,3,8H2,1-2H3,(H,22,23). The van der Waals surface area contributed by atoms with Crippen LogP contribution in [-0.2, 0) is 17.3 Å². The van der Waals surface area contributed by atoms with Gasteiger partial charge in [0.05, 0.1) is 12.2 Å². The van der Waals surface area contributed by atoms with Crippen molar-refractivity contribution in [1.82, 2.24) is 0 Å². The first-order valence-electron chi connectivity index (χ1n) is 8.19. The summed E-state index contributed by atoms with van der Waals surface area (Å²) >= 11 is 5.72. The number of thiol groups is 1. The Bertz CT molecular complexity index is 906. The Kier molecular flexibility index (Phi) is 5.53. The summed E-state index contributed by atoms with van der Waals surface area (Å²) in [5.41, 5.74) is 1.33. The molecule has 0 aliphatic carbocycles. The van der Waals surface area contributed by atoms with E-state index in [1.807, 2.05) is 0 Å². The number of thiophene rings is 1. The number of amidine groups is 1. The van der Waals surface area contributed by atoms with Gasteiger partial charge in [-0.05, 0) is 31.0 Å². The first-order valence-corrected chi connectivity index (χ1v) is 9.52. The molecule has 4 nitrogen and oxygen atoms in total. The third-order valence-electron chi connectivity index (χ3n) is 4.07. The van der Waals surface area contributed by atoms with Crippen LogP contribution in [0.2, 0.25) is 0 Å².